The standard InChI is InChI=1S/C13H18BrNO3/c1-10-3-4-11(14)9-12(10)13(17)15(5-7-16)6-8-18-2/h3-4,9,16H,5-8H2,1-2H3. The molecule has 100 valence electrons. The van der Waals surface area contributed by atoms with Crippen LogP contribution in [0.5, 0.6) is 0 Å². The van der Waals surface area contributed by atoms with E-state index in [2.05, 4.69) is 15.9 Å². The topological polar surface area (TPSA) is 49.8 Å². The first-order valence-corrected chi connectivity index (χ1v) is 6.54. The number of amides is 1. The first-order valence-electron chi connectivity index (χ1n) is 5.75. The maximum absolute atomic E-state index is 12.4. The molecule has 0 bridgehead atoms. The molecule has 0 heterocycles. The number of aliphatic hydroxyl groups excluding tert-OH is 1. The van der Waals surface area contributed by atoms with E-state index in [9.17, 15) is 4.79 Å². The van der Waals surface area contributed by atoms with Crippen molar-refractivity contribution in [3.63, 3.8) is 0 Å². The Bertz CT molecular complexity index is 409. The molecule has 0 saturated heterocycles. The van der Waals surface area contributed by atoms with Gasteiger partial charge in [-0.2, -0.15) is 0 Å². The van der Waals surface area contributed by atoms with Gasteiger partial charge in [0, 0.05) is 30.2 Å². The van der Waals surface area contributed by atoms with E-state index < -0.39 is 0 Å². The highest BCUT2D eigenvalue weighted by atomic mass is 79.9. The monoisotopic (exact) mass is 315 g/mol. The summed E-state index contributed by atoms with van der Waals surface area (Å²) in [7, 11) is 1.59. The van der Waals surface area contributed by atoms with Crippen molar-refractivity contribution in [1.29, 1.82) is 0 Å². The number of methoxy groups -OCH3 is 1. The summed E-state index contributed by atoms with van der Waals surface area (Å²) < 4.78 is 5.84. The van der Waals surface area contributed by atoms with Crippen molar-refractivity contribution in [2.75, 3.05) is 33.4 Å². The lowest BCUT2D eigenvalue weighted by Crippen LogP contribution is -2.36. The molecule has 5 heteroatoms. The van der Waals surface area contributed by atoms with Gasteiger partial charge in [-0.1, -0.05) is 22.0 Å². The molecule has 0 radical (unpaired) electrons. The molecule has 1 aromatic rings. The molecule has 0 atom stereocenters. The molecule has 1 aromatic carbocycles. The van der Waals surface area contributed by atoms with Crippen LogP contribution in [0.15, 0.2) is 22.7 Å². The maximum Gasteiger partial charge on any atom is 0.254 e. The number of aliphatic hydroxyl groups is 1. The SMILES string of the molecule is COCCN(CCO)C(=O)c1cc(Br)ccc1C. The van der Waals surface area contributed by atoms with Gasteiger partial charge in [-0.25, -0.2) is 0 Å². The number of hydrogen-bond donors (Lipinski definition) is 1. The minimum Gasteiger partial charge on any atom is -0.395 e. The van der Waals surface area contributed by atoms with Crippen LogP contribution in [0.3, 0.4) is 0 Å². The van der Waals surface area contributed by atoms with Crippen molar-refractivity contribution in [2.45, 2.75) is 6.92 Å². The van der Waals surface area contributed by atoms with Crippen LogP contribution in [0.4, 0.5) is 0 Å². The molecular formula is C13H18BrNO3. The number of rotatable bonds is 6. The van der Waals surface area contributed by atoms with E-state index in [0.29, 0.717) is 25.3 Å². The predicted molar refractivity (Wildman–Crippen MR) is 73.7 cm³/mol. The van der Waals surface area contributed by atoms with Crippen LogP contribution < -0.4 is 0 Å². The van der Waals surface area contributed by atoms with Crippen molar-refractivity contribution >= 4 is 21.8 Å². The summed E-state index contributed by atoms with van der Waals surface area (Å²) in [6, 6.07) is 5.59. The number of nitrogens with zero attached hydrogens (tertiary/aromatic N) is 1. The van der Waals surface area contributed by atoms with Gasteiger partial charge in [0.2, 0.25) is 0 Å². The summed E-state index contributed by atoms with van der Waals surface area (Å²) >= 11 is 3.36. The second-order valence-electron chi connectivity index (χ2n) is 3.97. The fourth-order valence-electron chi connectivity index (χ4n) is 1.63. The largest absolute Gasteiger partial charge is 0.395 e. The van der Waals surface area contributed by atoms with Crippen LogP contribution in [0.2, 0.25) is 0 Å². The quantitative estimate of drug-likeness (QED) is 0.871. The van der Waals surface area contributed by atoms with Crippen molar-refractivity contribution in [1.82, 2.24) is 4.90 Å². The molecular weight excluding hydrogens is 298 g/mol. The minimum atomic E-state index is -0.0834. The molecule has 0 aliphatic heterocycles. The smallest absolute Gasteiger partial charge is 0.254 e. The van der Waals surface area contributed by atoms with Gasteiger partial charge >= 0.3 is 0 Å². The first kappa shape index (κ1) is 15.1. The molecule has 0 saturated carbocycles. The van der Waals surface area contributed by atoms with E-state index in [1.54, 1.807) is 18.1 Å². The molecule has 4 nitrogen and oxygen atoms in total. The molecule has 0 aliphatic carbocycles. The minimum absolute atomic E-state index is 0.0531. The number of benzene rings is 1. The Labute approximate surface area is 116 Å². The Kier molecular flexibility index (Phi) is 6.32. The number of ether oxygens (including phenoxy) is 1. The highest BCUT2D eigenvalue weighted by Gasteiger charge is 2.17. The molecule has 0 spiro atoms. The molecule has 0 aliphatic rings. The summed E-state index contributed by atoms with van der Waals surface area (Å²) in [5.74, 6) is -0.0834. The number of carbonyl (C=O) groups excluding carboxylic acids is 1. The van der Waals surface area contributed by atoms with Crippen molar-refractivity contribution < 1.29 is 14.6 Å². The van der Waals surface area contributed by atoms with Gasteiger partial charge in [0.25, 0.3) is 5.91 Å². The van der Waals surface area contributed by atoms with Crippen molar-refractivity contribution in [3.05, 3.63) is 33.8 Å². The molecule has 0 unspecified atom stereocenters. The Morgan fingerprint density at radius 3 is 2.78 bits per heavy atom. The van der Waals surface area contributed by atoms with Gasteiger partial charge in [0.15, 0.2) is 0 Å². The highest BCUT2D eigenvalue weighted by molar-refractivity contribution is 9.10. The normalized spacial score (nSPS) is 10.4. The molecule has 0 aromatic heterocycles. The van der Waals surface area contributed by atoms with Crippen LogP contribution in [0.1, 0.15) is 15.9 Å². The number of aryl methyl sites for hydroxylation is 1. The summed E-state index contributed by atoms with van der Waals surface area (Å²) in [5.41, 5.74) is 1.57. The van der Waals surface area contributed by atoms with Gasteiger partial charge in [-0.15, -0.1) is 0 Å². The Morgan fingerprint density at radius 1 is 1.44 bits per heavy atom. The van der Waals surface area contributed by atoms with E-state index in [4.69, 9.17) is 9.84 Å². The summed E-state index contributed by atoms with van der Waals surface area (Å²) in [5, 5.41) is 9.01. The zero-order valence-corrected chi connectivity index (χ0v) is 12.2. The van der Waals surface area contributed by atoms with E-state index in [0.717, 1.165) is 10.0 Å². The second-order valence-corrected chi connectivity index (χ2v) is 4.88. The lowest BCUT2D eigenvalue weighted by Gasteiger charge is -2.22. The number of halogens is 1. The summed E-state index contributed by atoms with van der Waals surface area (Å²) in [6.07, 6.45) is 0. The predicted octanol–water partition coefficient (Wildman–Crippen LogP) is 1.84. The Hall–Kier alpha value is -0.910. The van der Waals surface area contributed by atoms with Crippen LogP contribution in [-0.2, 0) is 4.74 Å². The highest BCUT2D eigenvalue weighted by Crippen LogP contribution is 2.17. The van der Waals surface area contributed by atoms with E-state index >= 15 is 0 Å². The van der Waals surface area contributed by atoms with Gasteiger partial charge < -0.3 is 14.7 Å². The molecule has 0 fully saturated rings. The lowest BCUT2D eigenvalue weighted by atomic mass is 10.1. The fraction of sp³-hybridized carbons (Fsp3) is 0.462. The van der Waals surface area contributed by atoms with Crippen molar-refractivity contribution in [3.8, 4) is 0 Å². The third-order valence-corrected chi connectivity index (χ3v) is 3.15. The fourth-order valence-corrected chi connectivity index (χ4v) is 1.99. The number of carbonyl (C=O) groups is 1. The van der Waals surface area contributed by atoms with Gasteiger partial charge in [0.05, 0.1) is 13.2 Å². The average molecular weight is 316 g/mol. The zero-order valence-electron chi connectivity index (χ0n) is 10.6. The third-order valence-electron chi connectivity index (χ3n) is 2.65. The Balaban J connectivity index is 2.90. The average Bonchev–Trinajstić information content (AvgIpc) is 2.36. The summed E-state index contributed by atoms with van der Waals surface area (Å²) in [4.78, 5) is 13.9. The van der Waals surface area contributed by atoms with Crippen LogP contribution in [0, 0.1) is 6.92 Å². The Morgan fingerprint density at radius 2 is 2.17 bits per heavy atom. The van der Waals surface area contributed by atoms with E-state index in [-0.39, 0.29) is 12.5 Å². The number of hydrogen-bond acceptors (Lipinski definition) is 3. The molecule has 1 amide bonds. The zero-order chi connectivity index (χ0) is 13.5. The van der Waals surface area contributed by atoms with Gasteiger partial charge in [0.1, 0.15) is 0 Å². The van der Waals surface area contributed by atoms with E-state index in [1.165, 1.54) is 0 Å². The van der Waals surface area contributed by atoms with Crippen LogP contribution >= 0.6 is 15.9 Å². The van der Waals surface area contributed by atoms with Crippen LogP contribution in [-0.4, -0.2) is 49.3 Å². The van der Waals surface area contributed by atoms with Gasteiger partial charge in [-0.3, -0.25) is 4.79 Å². The lowest BCUT2D eigenvalue weighted by molar-refractivity contribution is 0.0655. The summed E-state index contributed by atoms with van der Waals surface area (Å²) in [6.45, 7) is 3.09. The van der Waals surface area contributed by atoms with Crippen molar-refractivity contribution in [2.24, 2.45) is 0 Å². The third kappa shape index (κ3) is 4.08. The maximum atomic E-state index is 12.4. The van der Waals surface area contributed by atoms with Crippen LogP contribution in [0.25, 0.3) is 0 Å². The molecule has 1 rings (SSSR count). The first-order chi connectivity index (χ1) is 8.60. The molecule has 1 N–H and O–H groups in total. The van der Waals surface area contributed by atoms with Gasteiger partial charge in [-0.05, 0) is 24.6 Å². The molecule has 18 heavy (non-hydrogen) atoms. The van der Waals surface area contributed by atoms with E-state index in [1.807, 2.05) is 19.1 Å². The second kappa shape index (κ2) is 7.51.